The number of aryl methyl sites for hydroxylation is 1. The van der Waals surface area contributed by atoms with Crippen molar-refractivity contribution in [2.45, 2.75) is 13.1 Å². The van der Waals surface area contributed by atoms with Crippen molar-refractivity contribution in [2.24, 2.45) is 7.05 Å². The van der Waals surface area contributed by atoms with Crippen LogP contribution in [0.15, 0.2) is 32.3 Å². The van der Waals surface area contributed by atoms with Gasteiger partial charge in [-0.25, -0.2) is 9.36 Å². The van der Waals surface area contributed by atoms with E-state index in [-0.39, 0.29) is 17.4 Å². The quantitative estimate of drug-likeness (QED) is 0.906. The Morgan fingerprint density at radius 1 is 1.33 bits per heavy atom. The fourth-order valence-electron chi connectivity index (χ4n) is 1.92. The van der Waals surface area contributed by atoms with Gasteiger partial charge in [-0.3, -0.25) is 9.36 Å². The van der Waals surface area contributed by atoms with Gasteiger partial charge in [0.2, 0.25) is 0 Å². The van der Waals surface area contributed by atoms with E-state index in [4.69, 9.17) is 0 Å². The minimum absolute atomic E-state index is 0.281. The Hall–Kier alpha value is -1.40. The molecular weight excluding hydrogens is 298 g/mol. The summed E-state index contributed by atoms with van der Waals surface area (Å²) in [7, 11) is 3.37. The molecule has 0 radical (unpaired) electrons. The Morgan fingerprint density at radius 3 is 2.61 bits per heavy atom. The zero-order valence-corrected chi connectivity index (χ0v) is 12.0. The Morgan fingerprint density at radius 2 is 2.00 bits per heavy atom. The average molecular weight is 312 g/mol. The van der Waals surface area contributed by atoms with E-state index in [0.717, 1.165) is 4.47 Å². The van der Waals surface area contributed by atoms with Crippen LogP contribution in [-0.2, 0) is 7.05 Å². The topological polar surface area (TPSA) is 56.0 Å². The zero-order chi connectivity index (χ0) is 13.4. The molecule has 5 nitrogen and oxygen atoms in total. The Kier molecular flexibility index (Phi) is 3.41. The summed E-state index contributed by atoms with van der Waals surface area (Å²) in [6, 6.07) is 5.31. The lowest BCUT2D eigenvalue weighted by molar-refractivity contribution is 0.437. The van der Waals surface area contributed by atoms with E-state index in [9.17, 15) is 9.59 Å². The summed E-state index contributed by atoms with van der Waals surface area (Å²) >= 11 is 3.34. The third-order valence-corrected chi connectivity index (χ3v) is 3.56. The van der Waals surface area contributed by atoms with Crippen LogP contribution in [0.1, 0.15) is 13.1 Å². The van der Waals surface area contributed by atoms with E-state index in [0.29, 0.717) is 10.9 Å². The lowest BCUT2D eigenvalue weighted by Crippen LogP contribution is -2.44. The highest BCUT2D eigenvalue weighted by molar-refractivity contribution is 9.10. The first kappa shape index (κ1) is 13.0. The van der Waals surface area contributed by atoms with Crippen molar-refractivity contribution < 1.29 is 0 Å². The smallest absolute Gasteiger partial charge is 0.300 e. The molecule has 0 bridgehead atoms. The fraction of sp³-hybridized carbons (Fsp3) is 0.333. The van der Waals surface area contributed by atoms with Gasteiger partial charge in [0.1, 0.15) is 0 Å². The summed E-state index contributed by atoms with van der Waals surface area (Å²) in [5.41, 5.74) is 0.0284. The lowest BCUT2D eigenvalue weighted by atomic mass is 10.2. The summed E-state index contributed by atoms with van der Waals surface area (Å²) in [6.45, 7) is 1.77. The van der Waals surface area contributed by atoms with Gasteiger partial charge in [0.05, 0.1) is 17.1 Å². The van der Waals surface area contributed by atoms with E-state index in [1.54, 1.807) is 33.2 Å². The fourth-order valence-corrected chi connectivity index (χ4v) is 2.29. The second-order valence-electron chi connectivity index (χ2n) is 4.14. The van der Waals surface area contributed by atoms with Crippen LogP contribution in [0.3, 0.4) is 0 Å². The predicted molar refractivity (Wildman–Crippen MR) is 74.9 cm³/mol. The number of nitrogens with zero attached hydrogens (tertiary/aromatic N) is 2. The van der Waals surface area contributed by atoms with Crippen molar-refractivity contribution >= 4 is 26.8 Å². The molecule has 0 aliphatic carbocycles. The van der Waals surface area contributed by atoms with Gasteiger partial charge >= 0.3 is 5.69 Å². The number of hydrogen-bond acceptors (Lipinski definition) is 3. The van der Waals surface area contributed by atoms with Gasteiger partial charge in [0, 0.05) is 11.5 Å². The minimum Gasteiger partial charge on any atom is -0.300 e. The lowest BCUT2D eigenvalue weighted by Gasteiger charge is -2.16. The van der Waals surface area contributed by atoms with Crippen molar-refractivity contribution in [2.75, 3.05) is 7.05 Å². The van der Waals surface area contributed by atoms with Crippen LogP contribution < -0.4 is 16.6 Å². The number of nitrogens with one attached hydrogen (secondary N) is 1. The first-order valence-corrected chi connectivity index (χ1v) is 6.34. The molecule has 1 heterocycles. The second-order valence-corrected chi connectivity index (χ2v) is 5.06. The van der Waals surface area contributed by atoms with Gasteiger partial charge < -0.3 is 5.32 Å². The normalized spacial score (nSPS) is 12.9. The molecule has 0 saturated carbocycles. The van der Waals surface area contributed by atoms with Crippen LogP contribution in [0.5, 0.6) is 0 Å². The second kappa shape index (κ2) is 4.70. The molecule has 0 aliphatic heterocycles. The van der Waals surface area contributed by atoms with Crippen LogP contribution in [0.2, 0.25) is 0 Å². The van der Waals surface area contributed by atoms with Crippen molar-refractivity contribution in [1.82, 2.24) is 14.5 Å². The maximum Gasteiger partial charge on any atom is 0.332 e. The minimum atomic E-state index is -0.348. The number of halogens is 1. The molecule has 1 aromatic heterocycles. The zero-order valence-electron chi connectivity index (χ0n) is 10.4. The van der Waals surface area contributed by atoms with Crippen molar-refractivity contribution in [3.8, 4) is 0 Å². The number of benzene rings is 1. The van der Waals surface area contributed by atoms with Gasteiger partial charge in [-0.15, -0.1) is 0 Å². The highest BCUT2D eigenvalue weighted by atomic mass is 79.9. The molecule has 1 N–H and O–H groups in total. The summed E-state index contributed by atoms with van der Waals surface area (Å²) < 4.78 is 3.51. The van der Waals surface area contributed by atoms with E-state index in [1.807, 2.05) is 6.07 Å². The molecule has 1 aromatic carbocycles. The largest absolute Gasteiger partial charge is 0.332 e. The SMILES string of the molecule is CNC(C)n1c(=O)c2cc(Br)ccc2n(C)c1=O. The molecule has 96 valence electrons. The van der Waals surface area contributed by atoms with Crippen LogP contribution in [0.4, 0.5) is 0 Å². The summed E-state index contributed by atoms with van der Waals surface area (Å²) in [6.07, 6.45) is -0.348. The van der Waals surface area contributed by atoms with Crippen molar-refractivity contribution in [1.29, 1.82) is 0 Å². The molecule has 2 aromatic rings. The molecule has 6 heteroatoms. The van der Waals surface area contributed by atoms with Crippen LogP contribution in [0.25, 0.3) is 10.9 Å². The van der Waals surface area contributed by atoms with Gasteiger partial charge in [-0.1, -0.05) is 15.9 Å². The van der Waals surface area contributed by atoms with Crippen LogP contribution >= 0.6 is 15.9 Å². The molecule has 0 amide bonds. The predicted octanol–water partition coefficient (Wildman–Crippen LogP) is 1.20. The van der Waals surface area contributed by atoms with Crippen molar-refractivity contribution in [3.63, 3.8) is 0 Å². The Labute approximate surface area is 112 Å². The molecule has 0 spiro atoms. The number of rotatable bonds is 2. The molecule has 0 aliphatic rings. The number of fused-ring (bicyclic) bond motifs is 1. The molecule has 18 heavy (non-hydrogen) atoms. The molecule has 0 saturated heterocycles. The summed E-state index contributed by atoms with van der Waals surface area (Å²) in [4.78, 5) is 24.5. The Bertz CT molecular complexity index is 718. The number of aromatic nitrogens is 2. The van der Waals surface area contributed by atoms with E-state index in [1.165, 1.54) is 9.13 Å². The maximum atomic E-state index is 12.3. The van der Waals surface area contributed by atoms with E-state index in [2.05, 4.69) is 21.2 Å². The highest BCUT2D eigenvalue weighted by Gasteiger charge is 2.14. The first-order valence-electron chi connectivity index (χ1n) is 5.55. The van der Waals surface area contributed by atoms with E-state index < -0.39 is 0 Å². The van der Waals surface area contributed by atoms with Crippen LogP contribution in [-0.4, -0.2) is 16.2 Å². The number of hydrogen-bond donors (Lipinski definition) is 1. The molecular formula is C12H14BrN3O2. The monoisotopic (exact) mass is 311 g/mol. The van der Waals surface area contributed by atoms with Gasteiger partial charge in [0.25, 0.3) is 5.56 Å². The van der Waals surface area contributed by atoms with Crippen molar-refractivity contribution in [3.05, 3.63) is 43.5 Å². The Balaban J connectivity index is 2.98. The molecule has 0 fully saturated rings. The molecule has 2 rings (SSSR count). The molecule has 1 unspecified atom stereocenters. The first-order chi connectivity index (χ1) is 8.47. The summed E-state index contributed by atoms with van der Waals surface area (Å²) in [5.74, 6) is 0. The average Bonchev–Trinajstić information content (AvgIpc) is 2.36. The highest BCUT2D eigenvalue weighted by Crippen LogP contribution is 2.15. The standard InChI is InChI=1S/C12H14BrN3O2/c1-7(14-2)16-11(17)9-6-8(13)4-5-10(9)15(3)12(16)18/h4-7,14H,1-3H3. The van der Waals surface area contributed by atoms with Crippen LogP contribution in [0, 0.1) is 0 Å². The summed E-state index contributed by atoms with van der Waals surface area (Å²) in [5, 5.41) is 3.43. The molecule has 1 atom stereocenters. The van der Waals surface area contributed by atoms with Gasteiger partial charge in [0.15, 0.2) is 0 Å². The maximum absolute atomic E-state index is 12.3. The third kappa shape index (κ3) is 1.91. The van der Waals surface area contributed by atoms with Gasteiger partial charge in [-0.2, -0.15) is 0 Å². The van der Waals surface area contributed by atoms with Gasteiger partial charge in [-0.05, 0) is 32.2 Å². The third-order valence-electron chi connectivity index (χ3n) is 3.07. The van der Waals surface area contributed by atoms with E-state index >= 15 is 0 Å².